The number of carbonyl (C=O) groups excluding carboxylic acids is 1. The van der Waals surface area contributed by atoms with Crippen molar-refractivity contribution in [2.24, 2.45) is 5.73 Å². The lowest BCUT2D eigenvalue weighted by molar-refractivity contribution is -0.119. The topological polar surface area (TPSA) is 112 Å². The molecule has 0 aliphatic carbocycles. The summed E-state index contributed by atoms with van der Waals surface area (Å²) in [6.07, 6.45) is 2.75. The van der Waals surface area contributed by atoms with Crippen molar-refractivity contribution in [1.82, 2.24) is 9.97 Å². The van der Waals surface area contributed by atoms with Gasteiger partial charge in [0.1, 0.15) is 16.4 Å². The molecule has 1 aromatic heterocycles. The summed E-state index contributed by atoms with van der Waals surface area (Å²) in [6, 6.07) is 11.4. The van der Waals surface area contributed by atoms with E-state index in [1.54, 1.807) is 36.4 Å². The third kappa shape index (κ3) is 3.63. The van der Waals surface area contributed by atoms with Crippen LogP contribution in [0.3, 0.4) is 0 Å². The molecule has 1 heterocycles. The van der Waals surface area contributed by atoms with E-state index in [0.717, 1.165) is 0 Å². The summed E-state index contributed by atoms with van der Waals surface area (Å²) >= 11 is 0. The zero-order valence-electron chi connectivity index (χ0n) is 15.3. The Morgan fingerprint density at radius 1 is 1.07 bits per heavy atom. The lowest BCUT2D eigenvalue weighted by atomic mass is 10.0. The summed E-state index contributed by atoms with van der Waals surface area (Å²) in [7, 11) is -1.72. The summed E-state index contributed by atoms with van der Waals surface area (Å²) in [5.41, 5.74) is 12.6. The van der Waals surface area contributed by atoms with E-state index in [1.807, 2.05) is 0 Å². The molecular formula is C20H19FN4O2S. The summed E-state index contributed by atoms with van der Waals surface area (Å²) in [5.74, 6) is -0.940. The average Bonchev–Trinajstić information content (AvgIpc) is 2.68. The van der Waals surface area contributed by atoms with E-state index in [2.05, 4.69) is 9.97 Å². The van der Waals surface area contributed by atoms with Gasteiger partial charge in [0, 0.05) is 10.5 Å². The SMILES string of the molecule is CC(C)(C(N)=O)S(=O)c1ccccc1-c1ccc(-c2cnc(N)cn2)c(F)c1. The minimum atomic E-state index is -1.72. The molecule has 0 saturated heterocycles. The molecule has 4 N–H and O–H groups in total. The first-order valence-corrected chi connectivity index (χ1v) is 9.55. The van der Waals surface area contributed by atoms with Crippen LogP contribution in [0.5, 0.6) is 0 Å². The molecule has 0 saturated carbocycles. The molecule has 0 aliphatic rings. The Hall–Kier alpha value is -3.13. The van der Waals surface area contributed by atoms with Crippen LogP contribution in [0.2, 0.25) is 0 Å². The molecule has 6 nitrogen and oxygen atoms in total. The van der Waals surface area contributed by atoms with Gasteiger partial charge in [-0.2, -0.15) is 0 Å². The predicted molar refractivity (Wildman–Crippen MR) is 107 cm³/mol. The largest absolute Gasteiger partial charge is 0.382 e. The number of rotatable bonds is 5. The number of carbonyl (C=O) groups is 1. The van der Waals surface area contributed by atoms with Crippen molar-refractivity contribution < 1.29 is 13.4 Å². The number of hydrogen-bond acceptors (Lipinski definition) is 5. The summed E-state index contributed by atoms with van der Waals surface area (Å²) in [6.45, 7) is 3.04. The van der Waals surface area contributed by atoms with Gasteiger partial charge in [-0.15, -0.1) is 0 Å². The molecular weight excluding hydrogens is 379 g/mol. The number of anilines is 1. The van der Waals surface area contributed by atoms with Gasteiger partial charge in [-0.25, -0.2) is 9.37 Å². The van der Waals surface area contributed by atoms with Gasteiger partial charge < -0.3 is 11.5 Å². The van der Waals surface area contributed by atoms with E-state index in [4.69, 9.17) is 11.5 Å². The Kier molecular flexibility index (Phi) is 5.24. The van der Waals surface area contributed by atoms with Crippen molar-refractivity contribution in [2.75, 3.05) is 5.73 Å². The predicted octanol–water partition coefficient (Wildman–Crippen LogP) is 2.90. The first-order chi connectivity index (χ1) is 13.2. The van der Waals surface area contributed by atoms with E-state index in [1.165, 1.54) is 32.3 Å². The molecule has 0 fully saturated rings. The fraction of sp³-hybridized carbons (Fsp3) is 0.150. The van der Waals surface area contributed by atoms with E-state index in [0.29, 0.717) is 21.7 Å². The van der Waals surface area contributed by atoms with Crippen molar-refractivity contribution in [3.8, 4) is 22.4 Å². The number of halogens is 1. The van der Waals surface area contributed by atoms with Crippen LogP contribution >= 0.6 is 0 Å². The summed E-state index contributed by atoms with van der Waals surface area (Å²) in [5, 5.41) is 0. The molecule has 28 heavy (non-hydrogen) atoms. The molecule has 3 rings (SSSR count). The Morgan fingerprint density at radius 2 is 1.79 bits per heavy atom. The lowest BCUT2D eigenvalue weighted by Gasteiger charge is -2.21. The molecule has 1 unspecified atom stereocenters. The van der Waals surface area contributed by atoms with Crippen LogP contribution in [0.25, 0.3) is 22.4 Å². The van der Waals surface area contributed by atoms with Crippen LogP contribution in [0.4, 0.5) is 10.2 Å². The van der Waals surface area contributed by atoms with Crippen molar-refractivity contribution >= 4 is 22.5 Å². The second-order valence-electron chi connectivity index (χ2n) is 6.66. The Morgan fingerprint density at radius 3 is 2.39 bits per heavy atom. The molecule has 3 aromatic rings. The standard InChI is InChI=1S/C20H19FN4O2S/c1-20(2,19(23)26)28(27)17-6-4-3-5-13(17)12-7-8-14(15(21)9-12)16-10-25-18(22)11-24-16/h3-11H,1-2H3,(H2,22,25)(H2,23,26). The van der Waals surface area contributed by atoms with Crippen LogP contribution in [-0.2, 0) is 15.6 Å². The summed E-state index contributed by atoms with van der Waals surface area (Å²) < 4.78 is 26.5. The minimum absolute atomic E-state index is 0.245. The molecule has 144 valence electrons. The maximum absolute atomic E-state index is 14.8. The van der Waals surface area contributed by atoms with Crippen LogP contribution < -0.4 is 11.5 Å². The van der Waals surface area contributed by atoms with Crippen molar-refractivity contribution in [3.63, 3.8) is 0 Å². The highest BCUT2D eigenvalue weighted by Crippen LogP contribution is 2.33. The number of benzene rings is 2. The zero-order chi connectivity index (χ0) is 20.5. The monoisotopic (exact) mass is 398 g/mol. The van der Waals surface area contributed by atoms with E-state index < -0.39 is 27.3 Å². The summed E-state index contributed by atoms with van der Waals surface area (Å²) in [4.78, 5) is 20.1. The number of primary amides is 1. The van der Waals surface area contributed by atoms with Crippen molar-refractivity contribution in [2.45, 2.75) is 23.5 Å². The van der Waals surface area contributed by atoms with Gasteiger partial charge in [0.25, 0.3) is 0 Å². The van der Waals surface area contributed by atoms with Gasteiger partial charge >= 0.3 is 0 Å². The minimum Gasteiger partial charge on any atom is -0.382 e. The van der Waals surface area contributed by atoms with Crippen LogP contribution in [0, 0.1) is 5.82 Å². The number of nitrogens with zero attached hydrogens (tertiary/aromatic N) is 2. The van der Waals surface area contributed by atoms with Gasteiger partial charge in [0.15, 0.2) is 0 Å². The highest BCUT2D eigenvalue weighted by molar-refractivity contribution is 7.87. The molecule has 0 radical (unpaired) electrons. The van der Waals surface area contributed by atoms with Gasteiger partial charge in [0.05, 0.1) is 28.9 Å². The second kappa shape index (κ2) is 7.47. The molecule has 2 aromatic carbocycles. The number of nitrogens with two attached hydrogens (primary N) is 2. The van der Waals surface area contributed by atoms with Gasteiger partial charge in [-0.1, -0.05) is 24.3 Å². The van der Waals surface area contributed by atoms with Crippen molar-refractivity contribution in [3.05, 3.63) is 60.7 Å². The Labute approximate surface area is 164 Å². The van der Waals surface area contributed by atoms with E-state index in [9.17, 15) is 13.4 Å². The van der Waals surface area contributed by atoms with Gasteiger partial charge in [-0.05, 0) is 43.2 Å². The van der Waals surface area contributed by atoms with Crippen LogP contribution in [-0.4, -0.2) is 24.8 Å². The number of hydrogen-bond donors (Lipinski definition) is 2. The van der Waals surface area contributed by atoms with Crippen molar-refractivity contribution in [1.29, 1.82) is 0 Å². The third-order valence-corrected chi connectivity index (χ3v) is 6.26. The molecule has 0 aliphatic heterocycles. The quantitative estimate of drug-likeness (QED) is 0.686. The first-order valence-electron chi connectivity index (χ1n) is 8.40. The smallest absolute Gasteiger partial charge is 0.236 e. The fourth-order valence-corrected chi connectivity index (χ4v) is 3.92. The molecule has 1 atom stereocenters. The molecule has 1 amide bonds. The van der Waals surface area contributed by atoms with Gasteiger partial charge in [-0.3, -0.25) is 14.0 Å². The highest BCUT2D eigenvalue weighted by Gasteiger charge is 2.34. The third-order valence-electron chi connectivity index (χ3n) is 4.37. The first kappa shape index (κ1) is 19.6. The van der Waals surface area contributed by atoms with E-state index >= 15 is 0 Å². The van der Waals surface area contributed by atoms with Crippen LogP contribution in [0.15, 0.2) is 59.8 Å². The molecule has 8 heteroatoms. The average molecular weight is 398 g/mol. The molecule has 0 bridgehead atoms. The fourth-order valence-electron chi connectivity index (χ4n) is 2.60. The maximum Gasteiger partial charge on any atom is 0.236 e. The Balaban J connectivity index is 2.06. The zero-order valence-corrected chi connectivity index (χ0v) is 16.2. The van der Waals surface area contributed by atoms with Crippen LogP contribution in [0.1, 0.15) is 13.8 Å². The molecule has 0 spiro atoms. The lowest BCUT2D eigenvalue weighted by Crippen LogP contribution is -2.42. The highest BCUT2D eigenvalue weighted by atomic mass is 32.2. The number of aromatic nitrogens is 2. The normalized spacial score (nSPS) is 12.5. The Bertz CT molecular complexity index is 1070. The number of amides is 1. The maximum atomic E-state index is 14.8. The van der Waals surface area contributed by atoms with E-state index in [-0.39, 0.29) is 11.4 Å². The second-order valence-corrected chi connectivity index (χ2v) is 8.66. The number of nitrogen functional groups attached to an aromatic ring is 1. The van der Waals surface area contributed by atoms with Gasteiger partial charge in [0.2, 0.25) is 5.91 Å².